The summed E-state index contributed by atoms with van der Waals surface area (Å²) in [5, 5.41) is 12.8. The van der Waals surface area contributed by atoms with Gasteiger partial charge < -0.3 is 14.7 Å². The number of benzene rings is 1. The van der Waals surface area contributed by atoms with Gasteiger partial charge in [-0.05, 0) is 17.7 Å². The van der Waals surface area contributed by atoms with Gasteiger partial charge in [0.1, 0.15) is 5.75 Å². The number of methoxy groups -OCH3 is 1. The molecule has 144 valence electrons. The minimum atomic E-state index is -0.884. The lowest BCUT2D eigenvalue weighted by atomic mass is 10.2. The third kappa shape index (κ3) is 5.07. The molecular weight excluding hydrogens is 348 g/mol. The number of hydrogen-bond donors (Lipinski definition) is 1. The molecule has 2 heterocycles. The molecule has 0 saturated carbocycles. The van der Waals surface area contributed by atoms with Crippen molar-refractivity contribution in [3.63, 3.8) is 0 Å². The number of carbonyl (C=O) groups is 2. The maximum Gasteiger partial charge on any atom is 0.305 e. The molecule has 1 aromatic heterocycles. The predicted octanol–water partition coefficient (Wildman–Crippen LogP) is 1.32. The molecule has 1 saturated heterocycles. The standard InChI is InChI=1S/C19H24N4O4/c1-27-17-4-2-3-15(11-17)13-21-7-9-22(10-8-21)19(26)16-12-20-23(14-16)6-5-18(24)25/h2-4,11-12,14H,5-10,13H2,1H3,(H,24,25). The molecular formula is C19H24N4O4. The monoisotopic (exact) mass is 372 g/mol. The number of aliphatic carboxylic acids is 1. The fourth-order valence-electron chi connectivity index (χ4n) is 3.13. The lowest BCUT2D eigenvalue weighted by molar-refractivity contribution is -0.137. The van der Waals surface area contributed by atoms with Gasteiger partial charge in [0.05, 0.1) is 31.8 Å². The molecule has 0 aliphatic carbocycles. The Balaban J connectivity index is 1.51. The van der Waals surface area contributed by atoms with Crippen LogP contribution in [0.5, 0.6) is 5.75 Å². The summed E-state index contributed by atoms with van der Waals surface area (Å²) in [6, 6.07) is 8.02. The number of amides is 1. The number of aryl methyl sites for hydroxylation is 1. The van der Waals surface area contributed by atoms with E-state index in [0.29, 0.717) is 18.7 Å². The van der Waals surface area contributed by atoms with Crippen LogP contribution in [0, 0.1) is 0 Å². The second-order valence-electron chi connectivity index (χ2n) is 6.56. The molecule has 8 nitrogen and oxygen atoms in total. The minimum Gasteiger partial charge on any atom is -0.497 e. The second kappa shape index (κ2) is 8.68. The van der Waals surface area contributed by atoms with Gasteiger partial charge in [0.2, 0.25) is 0 Å². The fourth-order valence-corrected chi connectivity index (χ4v) is 3.13. The van der Waals surface area contributed by atoms with Crippen molar-refractivity contribution in [3.05, 3.63) is 47.8 Å². The van der Waals surface area contributed by atoms with Crippen LogP contribution in [-0.2, 0) is 17.9 Å². The number of ether oxygens (including phenoxy) is 1. The van der Waals surface area contributed by atoms with Gasteiger partial charge in [-0.15, -0.1) is 0 Å². The van der Waals surface area contributed by atoms with Crippen molar-refractivity contribution in [3.8, 4) is 5.75 Å². The van der Waals surface area contributed by atoms with Crippen LogP contribution >= 0.6 is 0 Å². The first-order chi connectivity index (χ1) is 13.0. The Morgan fingerprint density at radius 1 is 1.22 bits per heavy atom. The van der Waals surface area contributed by atoms with E-state index >= 15 is 0 Å². The SMILES string of the molecule is COc1cccc(CN2CCN(C(=O)c3cnn(CCC(=O)O)c3)CC2)c1. The highest BCUT2D eigenvalue weighted by molar-refractivity contribution is 5.93. The summed E-state index contributed by atoms with van der Waals surface area (Å²) >= 11 is 0. The molecule has 0 bridgehead atoms. The lowest BCUT2D eigenvalue weighted by Crippen LogP contribution is -2.48. The molecule has 27 heavy (non-hydrogen) atoms. The molecule has 0 unspecified atom stereocenters. The van der Waals surface area contributed by atoms with Crippen LogP contribution in [0.3, 0.4) is 0 Å². The number of carboxylic acids is 1. The Labute approximate surface area is 157 Å². The summed E-state index contributed by atoms with van der Waals surface area (Å²) in [7, 11) is 1.66. The molecule has 0 spiro atoms. The molecule has 1 N–H and O–H groups in total. The third-order valence-electron chi connectivity index (χ3n) is 4.63. The number of piperazine rings is 1. The van der Waals surface area contributed by atoms with Crippen LogP contribution in [0.2, 0.25) is 0 Å². The highest BCUT2D eigenvalue weighted by Gasteiger charge is 2.23. The van der Waals surface area contributed by atoms with Crippen LogP contribution < -0.4 is 4.74 Å². The summed E-state index contributed by atoms with van der Waals surface area (Å²) in [5.41, 5.74) is 1.69. The Kier molecular flexibility index (Phi) is 6.08. The van der Waals surface area contributed by atoms with E-state index in [-0.39, 0.29) is 18.9 Å². The first kappa shape index (κ1) is 18.9. The molecule has 1 amide bonds. The average molecular weight is 372 g/mol. The Morgan fingerprint density at radius 3 is 2.70 bits per heavy atom. The largest absolute Gasteiger partial charge is 0.497 e. The van der Waals surface area contributed by atoms with Crippen molar-refractivity contribution in [1.82, 2.24) is 19.6 Å². The lowest BCUT2D eigenvalue weighted by Gasteiger charge is -2.34. The zero-order valence-corrected chi connectivity index (χ0v) is 15.4. The number of aromatic nitrogens is 2. The van der Waals surface area contributed by atoms with Gasteiger partial charge in [0, 0.05) is 38.9 Å². The summed E-state index contributed by atoms with van der Waals surface area (Å²) in [5.74, 6) is -0.0932. The first-order valence-electron chi connectivity index (χ1n) is 8.94. The maximum atomic E-state index is 12.6. The fraction of sp³-hybridized carbons (Fsp3) is 0.421. The molecule has 3 rings (SSSR count). The van der Waals surface area contributed by atoms with Gasteiger partial charge in [-0.3, -0.25) is 19.2 Å². The number of carbonyl (C=O) groups excluding carboxylic acids is 1. The number of hydrogen-bond acceptors (Lipinski definition) is 5. The van der Waals surface area contributed by atoms with Crippen molar-refractivity contribution < 1.29 is 19.4 Å². The molecule has 8 heteroatoms. The van der Waals surface area contributed by atoms with E-state index in [9.17, 15) is 9.59 Å². The van der Waals surface area contributed by atoms with E-state index in [1.165, 1.54) is 16.4 Å². The Bertz CT molecular complexity index is 797. The highest BCUT2D eigenvalue weighted by Crippen LogP contribution is 2.16. The second-order valence-corrected chi connectivity index (χ2v) is 6.56. The molecule has 2 aromatic rings. The van der Waals surface area contributed by atoms with Gasteiger partial charge in [0.15, 0.2) is 0 Å². The topological polar surface area (TPSA) is 87.9 Å². The third-order valence-corrected chi connectivity index (χ3v) is 4.63. The van der Waals surface area contributed by atoms with E-state index in [2.05, 4.69) is 16.1 Å². The van der Waals surface area contributed by atoms with Crippen LogP contribution in [0.25, 0.3) is 0 Å². The molecule has 1 aliphatic heterocycles. The number of rotatable bonds is 7. The Hall–Kier alpha value is -2.87. The minimum absolute atomic E-state index is 0.0156. The van der Waals surface area contributed by atoms with Crippen LogP contribution in [0.15, 0.2) is 36.7 Å². The van der Waals surface area contributed by atoms with E-state index in [0.717, 1.165) is 25.4 Å². The molecule has 1 fully saturated rings. The summed E-state index contributed by atoms with van der Waals surface area (Å²) < 4.78 is 6.76. The zero-order valence-electron chi connectivity index (χ0n) is 15.4. The first-order valence-corrected chi connectivity index (χ1v) is 8.94. The zero-order chi connectivity index (χ0) is 19.2. The van der Waals surface area contributed by atoms with Gasteiger partial charge in [-0.1, -0.05) is 12.1 Å². The Morgan fingerprint density at radius 2 is 2.00 bits per heavy atom. The normalized spacial score (nSPS) is 14.9. The van der Waals surface area contributed by atoms with E-state index in [1.807, 2.05) is 23.1 Å². The van der Waals surface area contributed by atoms with Crippen LogP contribution in [0.1, 0.15) is 22.3 Å². The van der Waals surface area contributed by atoms with Gasteiger partial charge >= 0.3 is 5.97 Å². The molecule has 1 aliphatic rings. The number of carboxylic acid groups (broad SMARTS) is 1. The van der Waals surface area contributed by atoms with Crippen LogP contribution in [-0.4, -0.2) is 69.9 Å². The van der Waals surface area contributed by atoms with Gasteiger partial charge in [0.25, 0.3) is 5.91 Å². The van der Waals surface area contributed by atoms with E-state index in [1.54, 1.807) is 13.3 Å². The van der Waals surface area contributed by atoms with Crippen molar-refractivity contribution in [2.24, 2.45) is 0 Å². The quantitative estimate of drug-likeness (QED) is 0.789. The molecule has 0 atom stereocenters. The van der Waals surface area contributed by atoms with E-state index in [4.69, 9.17) is 9.84 Å². The van der Waals surface area contributed by atoms with Crippen molar-refractivity contribution in [1.29, 1.82) is 0 Å². The summed E-state index contributed by atoms with van der Waals surface area (Å²) in [4.78, 5) is 27.4. The molecule has 0 radical (unpaired) electrons. The van der Waals surface area contributed by atoms with Crippen LogP contribution in [0.4, 0.5) is 0 Å². The summed E-state index contributed by atoms with van der Waals surface area (Å²) in [6.45, 7) is 4.00. The van der Waals surface area contributed by atoms with Gasteiger partial charge in [-0.25, -0.2) is 0 Å². The summed E-state index contributed by atoms with van der Waals surface area (Å²) in [6.07, 6.45) is 3.11. The smallest absolute Gasteiger partial charge is 0.305 e. The highest BCUT2D eigenvalue weighted by atomic mass is 16.5. The average Bonchev–Trinajstić information content (AvgIpc) is 3.15. The van der Waals surface area contributed by atoms with Crippen molar-refractivity contribution >= 4 is 11.9 Å². The van der Waals surface area contributed by atoms with Crippen molar-refractivity contribution in [2.45, 2.75) is 19.5 Å². The maximum absolute atomic E-state index is 12.6. The van der Waals surface area contributed by atoms with Crippen molar-refractivity contribution in [2.75, 3.05) is 33.3 Å². The predicted molar refractivity (Wildman–Crippen MR) is 98.7 cm³/mol. The van der Waals surface area contributed by atoms with E-state index < -0.39 is 5.97 Å². The van der Waals surface area contributed by atoms with Gasteiger partial charge in [-0.2, -0.15) is 5.10 Å². The molecule has 1 aromatic carbocycles. The number of nitrogens with zero attached hydrogens (tertiary/aromatic N) is 4.